The van der Waals surface area contributed by atoms with Crippen LogP contribution in [0.1, 0.15) is 44.9 Å². The van der Waals surface area contributed by atoms with Gasteiger partial charge in [0, 0.05) is 0 Å². The summed E-state index contributed by atoms with van der Waals surface area (Å²) in [5.41, 5.74) is 0. The zero-order chi connectivity index (χ0) is 7.52. The first-order valence-corrected chi connectivity index (χ1v) is 5.13. The van der Waals surface area contributed by atoms with E-state index in [-0.39, 0.29) is 0 Å². The van der Waals surface area contributed by atoms with Gasteiger partial charge in [-0.25, -0.2) is 0 Å². The van der Waals surface area contributed by atoms with Crippen molar-refractivity contribution in [2.75, 3.05) is 0 Å². The topological polar surface area (TPSA) is 0 Å². The lowest BCUT2D eigenvalue weighted by Gasteiger charge is -2.17. The van der Waals surface area contributed by atoms with Crippen molar-refractivity contribution >= 4 is 0 Å². The van der Waals surface area contributed by atoms with Crippen LogP contribution in [0, 0.1) is 11.8 Å². The summed E-state index contributed by atoms with van der Waals surface area (Å²) in [7, 11) is 0. The number of fused-ring (bicyclic) bond motifs is 1. The fourth-order valence-electron chi connectivity index (χ4n) is 2.62. The smallest absolute Gasteiger partial charge is 0.0205 e. The van der Waals surface area contributed by atoms with Crippen molar-refractivity contribution in [2.24, 2.45) is 11.8 Å². The molecule has 0 amide bonds. The molecule has 0 N–H and O–H groups in total. The van der Waals surface area contributed by atoms with E-state index in [1.165, 1.54) is 44.9 Å². The van der Waals surface area contributed by atoms with Gasteiger partial charge in [0.2, 0.25) is 0 Å². The van der Waals surface area contributed by atoms with Crippen LogP contribution >= 0.6 is 0 Å². The standard InChI is InChI=1S/C11H18/c1-2-4-7-11-9-5-8-10(11)6-3-1/h3,6,10-11H,1-2,4-5,7-9H2. The van der Waals surface area contributed by atoms with E-state index in [0.717, 1.165) is 11.8 Å². The molecule has 2 aliphatic rings. The van der Waals surface area contributed by atoms with Crippen LogP contribution in [0.25, 0.3) is 0 Å². The van der Waals surface area contributed by atoms with Crippen molar-refractivity contribution in [1.29, 1.82) is 0 Å². The highest BCUT2D eigenvalue weighted by Gasteiger charge is 2.24. The zero-order valence-corrected chi connectivity index (χ0v) is 7.26. The molecule has 0 heterocycles. The molecule has 1 fully saturated rings. The van der Waals surface area contributed by atoms with Crippen LogP contribution in [-0.4, -0.2) is 0 Å². The second-order valence-electron chi connectivity index (χ2n) is 4.07. The number of hydrogen-bond donors (Lipinski definition) is 0. The summed E-state index contributed by atoms with van der Waals surface area (Å²) >= 11 is 0. The largest absolute Gasteiger partial charge is 0.0882 e. The molecular weight excluding hydrogens is 132 g/mol. The molecule has 0 radical (unpaired) electrons. The third-order valence-corrected chi connectivity index (χ3v) is 3.30. The van der Waals surface area contributed by atoms with Crippen molar-refractivity contribution in [3.63, 3.8) is 0 Å². The lowest BCUT2D eigenvalue weighted by atomic mass is 9.88. The highest BCUT2D eigenvalue weighted by molar-refractivity contribution is 4.96. The summed E-state index contributed by atoms with van der Waals surface area (Å²) in [5, 5.41) is 0. The van der Waals surface area contributed by atoms with E-state index >= 15 is 0 Å². The monoisotopic (exact) mass is 150 g/mol. The molecule has 2 rings (SSSR count). The van der Waals surface area contributed by atoms with E-state index in [9.17, 15) is 0 Å². The average molecular weight is 150 g/mol. The Bertz CT molecular complexity index is 146. The van der Waals surface area contributed by atoms with Gasteiger partial charge in [-0.3, -0.25) is 0 Å². The first kappa shape index (κ1) is 7.39. The van der Waals surface area contributed by atoms with Crippen LogP contribution in [0.5, 0.6) is 0 Å². The maximum atomic E-state index is 2.50. The van der Waals surface area contributed by atoms with E-state index < -0.39 is 0 Å². The van der Waals surface area contributed by atoms with Gasteiger partial charge >= 0.3 is 0 Å². The molecule has 0 nitrogen and oxygen atoms in total. The van der Waals surface area contributed by atoms with Gasteiger partial charge in [-0.15, -0.1) is 0 Å². The Hall–Kier alpha value is -0.260. The first-order valence-electron chi connectivity index (χ1n) is 5.13. The molecule has 0 spiro atoms. The first-order chi connectivity index (χ1) is 5.47. The van der Waals surface area contributed by atoms with Crippen LogP contribution < -0.4 is 0 Å². The number of rotatable bonds is 0. The predicted molar refractivity (Wildman–Crippen MR) is 48.4 cm³/mol. The molecular formula is C11H18. The summed E-state index contributed by atoms with van der Waals surface area (Å²) in [6, 6.07) is 0. The highest BCUT2D eigenvalue weighted by Crippen LogP contribution is 2.37. The Morgan fingerprint density at radius 1 is 0.909 bits per heavy atom. The van der Waals surface area contributed by atoms with Gasteiger partial charge in [0.15, 0.2) is 0 Å². The quantitative estimate of drug-likeness (QED) is 0.463. The predicted octanol–water partition coefficient (Wildman–Crippen LogP) is 3.53. The van der Waals surface area contributed by atoms with E-state index in [0.29, 0.717) is 0 Å². The third kappa shape index (κ3) is 1.66. The maximum absolute atomic E-state index is 2.50. The van der Waals surface area contributed by atoms with Crippen LogP contribution in [0.15, 0.2) is 12.2 Å². The number of allylic oxidation sites excluding steroid dienone is 2. The summed E-state index contributed by atoms with van der Waals surface area (Å²) in [6.45, 7) is 0. The second-order valence-corrected chi connectivity index (χ2v) is 4.07. The van der Waals surface area contributed by atoms with Crippen LogP contribution in [0.4, 0.5) is 0 Å². The molecule has 0 aromatic rings. The Kier molecular flexibility index (Phi) is 2.30. The van der Waals surface area contributed by atoms with Gasteiger partial charge in [-0.1, -0.05) is 25.0 Å². The minimum Gasteiger partial charge on any atom is -0.0882 e. The van der Waals surface area contributed by atoms with Crippen LogP contribution in [-0.2, 0) is 0 Å². The molecule has 0 aromatic carbocycles. The van der Waals surface area contributed by atoms with Crippen molar-refractivity contribution in [1.82, 2.24) is 0 Å². The van der Waals surface area contributed by atoms with Crippen molar-refractivity contribution in [3.8, 4) is 0 Å². The molecule has 2 unspecified atom stereocenters. The molecule has 2 aliphatic carbocycles. The van der Waals surface area contributed by atoms with E-state index in [1.807, 2.05) is 0 Å². The van der Waals surface area contributed by atoms with Gasteiger partial charge in [0.05, 0.1) is 0 Å². The zero-order valence-electron chi connectivity index (χ0n) is 7.26. The molecule has 0 aliphatic heterocycles. The van der Waals surface area contributed by atoms with Crippen molar-refractivity contribution < 1.29 is 0 Å². The van der Waals surface area contributed by atoms with Gasteiger partial charge < -0.3 is 0 Å². The molecule has 0 heteroatoms. The summed E-state index contributed by atoms with van der Waals surface area (Å²) in [4.78, 5) is 0. The summed E-state index contributed by atoms with van der Waals surface area (Å²) < 4.78 is 0. The maximum Gasteiger partial charge on any atom is -0.0205 e. The van der Waals surface area contributed by atoms with Gasteiger partial charge in [0.25, 0.3) is 0 Å². The Morgan fingerprint density at radius 3 is 2.82 bits per heavy atom. The fourth-order valence-corrected chi connectivity index (χ4v) is 2.62. The van der Waals surface area contributed by atoms with Crippen molar-refractivity contribution in [3.05, 3.63) is 12.2 Å². The number of hydrogen-bond acceptors (Lipinski definition) is 0. The molecule has 11 heavy (non-hydrogen) atoms. The normalized spacial score (nSPS) is 37.8. The SMILES string of the molecule is C1=CC2CCCC2CCCC1. The second kappa shape index (κ2) is 3.42. The van der Waals surface area contributed by atoms with Gasteiger partial charge in [-0.2, -0.15) is 0 Å². The Balaban J connectivity index is 2.01. The lowest BCUT2D eigenvalue weighted by Crippen LogP contribution is -2.06. The molecule has 0 saturated heterocycles. The summed E-state index contributed by atoms with van der Waals surface area (Å²) in [5.74, 6) is 2.03. The molecule has 2 atom stereocenters. The Morgan fingerprint density at radius 2 is 1.82 bits per heavy atom. The molecule has 0 bridgehead atoms. The molecule has 1 saturated carbocycles. The molecule has 62 valence electrons. The fraction of sp³-hybridized carbons (Fsp3) is 0.818. The Labute approximate surface area is 69.7 Å². The summed E-state index contributed by atoms with van der Waals surface area (Å²) in [6.07, 6.45) is 15.1. The van der Waals surface area contributed by atoms with E-state index in [2.05, 4.69) is 12.2 Å². The van der Waals surface area contributed by atoms with Gasteiger partial charge in [0.1, 0.15) is 0 Å². The minimum absolute atomic E-state index is 0.968. The van der Waals surface area contributed by atoms with Crippen LogP contribution in [0.3, 0.4) is 0 Å². The van der Waals surface area contributed by atoms with Crippen LogP contribution in [0.2, 0.25) is 0 Å². The third-order valence-electron chi connectivity index (χ3n) is 3.30. The lowest BCUT2D eigenvalue weighted by molar-refractivity contribution is 0.400. The molecule has 0 aromatic heterocycles. The minimum atomic E-state index is 0.968. The van der Waals surface area contributed by atoms with E-state index in [1.54, 1.807) is 0 Å². The van der Waals surface area contributed by atoms with Gasteiger partial charge in [-0.05, 0) is 43.9 Å². The van der Waals surface area contributed by atoms with Crippen molar-refractivity contribution in [2.45, 2.75) is 44.9 Å². The highest BCUT2D eigenvalue weighted by atomic mass is 14.3. The average Bonchev–Trinajstić information content (AvgIpc) is 2.35. The van der Waals surface area contributed by atoms with E-state index in [4.69, 9.17) is 0 Å².